The van der Waals surface area contributed by atoms with Gasteiger partial charge in [-0.25, -0.2) is 0 Å². The van der Waals surface area contributed by atoms with Gasteiger partial charge in [0.1, 0.15) is 0 Å². The normalized spacial score (nSPS) is 19.1. The van der Waals surface area contributed by atoms with Gasteiger partial charge in [0.15, 0.2) is 5.78 Å². The minimum atomic E-state index is 0.184. The predicted molar refractivity (Wildman–Crippen MR) is 36.5 cm³/mol. The van der Waals surface area contributed by atoms with Crippen LogP contribution in [0.5, 0.6) is 0 Å². The monoisotopic (exact) mass is 123 g/mol. The average molecular weight is 123 g/mol. The summed E-state index contributed by atoms with van der Waals surface area (Å²) in [6.45, 7) is 3.35. The van der Waals surface area contributed by atoms with Gasteiger partial charge in [-0.15, -0.1) is 0 Å². The van der Waals surface area contributed by atoms with Crippen LogP contribution in [0.3, 0.4) is 0 Å². The van der Waals surface area contributed by atoms with E-state index in [1.165, 1.54) is 0 Å². The molecule has 0 radical (unpaired) electrons. The Morgan fingerprint density at radius 1 is 1.56 bits per heavy atom. The van der Waals surface area contributed by atoms with Crippen LogP contribution in [-0.2, 0) is 4.79 Å². The lowest BCUT2D eigenvalue weighted by Gasteiger charge is -2.04. The molecular weight excluding hydrogens is 114 g/mol. The highest BCUT2D eigenvalue weighted by Gasteiger charge is 2.06. The van der Waals surface area contributed by atoms with Crippen molar-refractivity contribution in [3.05, 3.63) is 11.8 Å². The van der Waals surface area contributed by atoms with E-state index in [0.29, 0.717) is 6.42 Å². The first-order valence-corrected chi connectivity index (χ1v) is 3.03. The molecule has 48 valence electrons. The molecule has 1 aliphatic rings. The summed E-state index contributed by atoms with van der Waals surface area (Å²) in [6.07, 6.45) is 4.11. The van der Waals surface area contributed by atoms with Gasteiger partial charge >= 0.3 is 0 Å². The Kier molecular flexibility index (Phi) is 1.78. The lowest BCUT2D eigenvalue weighted by molar-refractivity contribution is -0.115. The van der Waals surface area contributed by atoms with Crippen molar-refractivity contribution in [1.29, 1.82) is 0 Å². The zero-order valence-electron chi connectivity index (χ0n) is 5.26. The third-order valence-electron chi connectivity index (χ3n) is 1.39. The quantitative estimate of drug-likeness (QED) is 0.483. The zero-order valence-corrected chi connectivity index (χ0v) is 5.26. The average Bonchev–Trinajstić information content (AvgIpc) is 1.88. The van der Waals surface area contributed by atoms with Crippen LogP contribution in [0.4, 0.5) is 0 Å². The van der Waals surface area contributed by atoms with Crippen molar-refractivity contribution in [2.75, 3.05) is 0 Å². The molecule has 0 fully saturated rings. The molecule has 0 bridgehead atoms. The van der Waals surface area contributed by atoms with Gasteiger partial charge in [-0.3, -0.25) is 9.79 Å². The number of allylic oxidation sites excluding steroid dienone is 2. The Labute approximate surface area is 54.3 Å². The second-order valence-corrected chi connectivity index (χ2v) is 2.11. The molecule has 1 aliphatic carbocycles. The maximum atomic E-state index is 10.7. The van der Waals surface area contributed by atoms with Crippen LogP contribution in [0.1, 0.15) is 19.3 Å². The van der Waals surface area contributed by atoms with E-state index >= 15 is 0 Å². The molecule has 0 unspecified atom stereocenters. The number of aliphatic imine (C=N–C) groups is 1. The smallest absolute Gasteiger partial charge is 0.157 e. The first-order chi connectivity index (χ1) is 4.33. The van der Waals surface area contributed by atoms with E-state index in [1.54, 1.807) is 6.08 Å². The molecule has 2 heteroatoms. The summed E-state index contributed by atoms with van der Waals surface area (Å²) in [5, 5.41) is 0. The summed E-state index contributed by atoms with van der Waals surface area (Å²) in [5.74, 6) is 0.184. The fourth-order valence-corrected chi connectivity index (χ4v) is 0.899. The largest absolute Gasteiger partial charge is 0.295 e. The minimum absolute atomic E-state index is 0.184. The molecule has 0 amide bonds. The van der Waals surface area contributed by atoms with Gasteiger partial charge in [-0.1, -0.05) is 0 Å². The zero-order chi connectivity index (χ0) is 6.69. The molecule has 0 saturated carbocycles. The standard InChI is InChI=1S/C7H9NO/c1-8-6-3-2-4-7(9)5-6/h5H,1-4H2. The number of hydrogen-bond acceptors (Lipinski definition) is 2. The summed E-state index contributed by atoms with van der Waals surface area (Å²) in [6, 6.07) is 0. The van der Waals surface area contributed by atoms with E-state index in [1.807, 2.05) is 0 Å². The molecule has 0 aromatic rings. The van der Waals surface area contributed by atoms with E-state index in [-0.39, 0.29) is 5.78 Å². The predicted octanol–water partition coefficient (Wildman–Crippen LogP) is 1.32. The minimum Gasteiger partial charge on any atom is -0.295 e. The van der Waals surface area contributed by atoms with Crippen molar-refractivity contribution in [3.63, 3.8) is 0 Å². The van der Waals surface area contributed by atoms with Crippen LogP contribution in [-0.4, -0.2) is 12.5 Å². The van der Waals surface area contributed by atoms with Gasteiger partial charge in [0, 0.05) is 18.2 Å². The van der Waals surface area contributed by atoms with E-state index < -0.39 is 0 Å². The van der Waals surface area contributed by atoms with Crippen molar-refractivity contribution >= 4 is 12.5 Å². The molecule has 0 atom stereocenters. The molecule has 1 rings (SSSR count). The summed E-state index contributed by atoms with van der Waals surface area (Å²) in [5.41, 5.74) is 0.839. The van der Waals surface area contributed by atoms with Crippen molar-refractivity contribution < 1.29 is 4.79 Å². The highest BCUT2D eigenvalue weighted by Crippen LogP contribution is 2.14. The second kappa shape index (κ2) is 2.58. The Morgan fingerprint density at radius 3 is 2.78 bits per heavy atom. The molecule has 0 spiro atoms. The summed E-state index contributed by atoms with van der Waals surface area (Å²) in [7, 11) is 0. The molecular formula is C7H9NO. The topological polar surface area (TPSA) is 29.4 Å². The number of carbonyl (C=O) groups is 1. The van der Waals surface area contributed by atoms with Gasteiger partial charge in [0.05, 0.1) is 0 Å². The van der Waals surface area contributed by atoms with Crippen molar-refractivity contribution in [1.82, 2.24) is 0 Å². The van der Waals surface area contributed by atoms with Crippen LogP contribution in [0.15, 0.2) is 16.8 Å². The van der Waals surface area contributed by atoms with Gasteiger partial charge in [-0.2, -0.15) is 0 Å². The number of hydrogen-bond donors (Lipinski definition) is 0. The number of nitrogens with zero attached hydrogens (tertiary/aromatic N) is 1. The van der Waals surface area contributed by atoms with Crippen LogP contribution in [0.2, 0.25) is 0 Å². The third-order valence-corrected chi connectivity index (χ3v) is 1.39. The van der Waals surface area contributed by atoms with Crippen molar-refractivity contribution in [2.24, 2.45) is 4.99 Å². The summed E-state index contributed by atoms with van der Waals surface area (Å²) in [4.78, 5) is 14.4. The highest BCUT2D eigenvalue weighted by molar-refractivity contribution is 5.91. The van der Waals surface area contributed by atoms with Crippen molar-refractivity contribution in [3.8, 4) is 0 Å². The number of carbonyl (C=O) groups excluding carboxylic acids is 1. The molecule has 9 heavy (non-hydrogen) atoms. The summed E-state index contributed by atoms with van der Waals surface area (Å²) >= 11 is 0. The van der Waals surface area contributed by atoms with Crippen LogP contribution in [0, 0.1) is 0 Å². The Hall–Kier alpha value is -0.920. The van der Waals surface area contributed by atoms with Crippen LogP contribution in [0.25, 0.3) is 0 Å². The number of rotatable bonds is 1. The van der Waals surface area contributed by atoms with E-state index in [2.05, 4.69) is 11.7 Å². The first kappa shape index (κ1) is 6.20. The molecule has 0 aliphatic heterocycles. The van der Waals surface area contributed by atoms with Crippen LogP contribution >= 0.6 is 0 Å². The van der Waals surface area contributed by atoms with E-state index in [9.17, 15) is 4.79 Å². The maximum Gasteiger partial charge on any atom is 0.157 e. The maximum absolute atomic E-state index is 10.7. The van der Waals surface area contributed by atoms with Crippen molar-refractivity contribution in [2.45, 2.75) is 19.3 Å². The molecule has 2 nitrogen and oxygen atoms in total. The Balaban J connectivity index is 2.70. The lowest BCUT2D eigenvalue weighted by atomic mass is 10.0. The molecule has 0 saturated heterocycles. The van der Waals surface area contributed by atoms with Gasteiger partial charge in [0.25, 0.3) is 0 Å². The second-order valence-electron chi connectivity index (χ2n) is 2.11. The van der Waals surface area contributed by atoms with Gasteiger partial charge in [0.2, 0.25) is 0 Å². The van der Waals surface area contributed by atoms with Gasteiger partial charge < -0.3 is 0 Å². The molecule has 0 heterocycles. The summed E-state index contributed by atoms with van der Waals surface area (Å²) < 4.78 is 0. The third kappa shape index (κ3) is 1.49. The Bertz CT molecular complexity index is 170. The Morgan fingerprint density at radius 2 is 2.33 bits per heavy atom. The number of ketones is 1. The van der Waals surface area contributed by atoms with E-state index in [4.69, 9.17) is 0 Å². The fourth-order valence-electron chi connectivity index (χ4n) is 0.899. The fraction of sp³-hybridized carbons (Fsp3) is 0.429. The van der Waals surface area contributed by atoms with Gasteiger partial charge in [-0.05, 0) is 19.6 Å². The van der Waals surface area contributed by atoms with Crippen LogP contribution < -0.4 is 0 Å². The SMILES string of the molecule is C=NC1=CC(=O)CCC1. The molecule has 0 aromatic heterocycles. The highest BCUT2D eigenvalue weighted by atomic mass is 16.1. The molecule has 0 aromatic carbocycles. The molecule has 0 N–H and O–H groups in total. The lowest BCUT2D eigenvalue weighted by Crippen LogP contribution is -2.00. The van der Waals surface area contributed by atoms with E-state index in [0.717, 1.165) is 18.5 Å². The first-order valence-electron chi connectivity index (χ1n) is 3.03.